The van der Waals surface area contributed by atoms with Crippen LogP contribution < -0.4 is 10.1 Å². The van der Waals surface area contributed by atoms with E-state index < -0.39 is 21.9 Å². The molecule has 0 aromatic heterocycles. The summed E-state index contributed by atoms with van der Waals surface area (Å²) in [5, 5.41) is 24.3. The number of amides is 1. The Morgan fingerprint density at radius 2 is 1.80 bits per heavy atom. The van der Waals surface area contributed by atoms with Gasteiger partial charge >= 0.3 is 5.69 Å². The molecule has 0 radical (unpaired) electrons. The third kappa shape index (κ3) is 4.28. The van der Waals surface area contributed by atoms with Crippen molar-refractivity contribution >= 4 is 23.0 Å². The first-order valence-corrected chi connectivity index (χ1v) is 7.25. The fraction of sp³-hybridized carbons (Fsp3) is 0.188. The largest absolute Gasteiger partial charge is 0.474 e. The minimum Gasteiger partial charge on any atom is -0.474 e. The number of nitrogens with zero attached hydrogens (tertiary/aromatic N) is 2. The Labute approximate surface area is 142 Å². The Morgan fingerprint density at radius 3 is 2.44 bits per heavy atom. The number of carbonyl (C=O) groups is 1. The van der Waals surface area contributed by atoms with Crippen LogP contribution in [-0.4, -0.2) is 21.9 Å². The highest BCUT2D eigenvalue weighted by Gasteiger charge is 2.21. The van der Waals surface area contributed by atoms with Crippen molar-refractivity contribution in [2.24, 2.45) is 0 Å². The molecule has 130 valence electrons. The number of hydrogen-bond acceptors (Lipinski definition) is 6. The number of rotatable bonds is 6. The van der Waals surface area contributed by atoms with Gasteiger partial charge in [0.2, 0.25) is 0 Å². The summed E-state index contributed by atoms with van der Waals surface area (Å²) in [5.74, 6) is -0.618. The number of ether oxygens (including phenoxy) is 1. The van der Waals surface area contributed by atoms with E-state index in [1.807, 2.05) is 0 Å². The maximum atomic E-state index is 12.3. The fourth-order valence-electron chi connectivity index (χ4n) is 2.04. The Hall–Kier alpha value is -3.49. The highest BCUT2D eigenvalue weighted by molar-refractivity contribution is 5.95. The Balaban J connectivity index is 2.15. The van der Waals surface area contributed by atoms with Crippen LogP contribution in [0.15, 0.2) is 42.5 Å². The van der Waals surface area contributed by atoms with Crippen LogP contribution in [0.5, 0.6) is 5.75 Å². The zero-order valence-corrected chi connectivity index (χ0v) is 13.5. The van der Waals surface area contributed by atoms with Gasteiger partial charge in [0, 0.05) is 18.2 Å². The number of carbonyl (C=O) groups excluding carboxylic acids is 1. The summed E-state index contributed by atoms with van der Waals surface area (Å²) in [6, 6.07) is 9.79. The molecule has 0 heterocycles. The normalized spacial score (nSPS) is 11.4. The van der Waals surface area contributed by atoms with Gasteiger partial charge in [0.15, 0.2) is 11.9 Å². The summed E-state index contributed by atoms with van der Waals surface area (Å²) < 4.78 is 5.37. The average molecular weight is 345 g/mol. The molecule has 0 spiro atoms. The number of nitro groups is 2. The molecular weight excluding hydrogens is 330 g/mol. The molecule has 0 saturated heterocycles. The molecule has 0 aliphatic carbocycles. The minimum absolute atomic E-state index is 0.0362. The first-order chi connectivity index (χ1) is 11.8. The summed E-state index contributed by atoms with van der Waals surface area (Å²) in [6.45, 7) is 3.12. The van der Waals surface area contributed by atoms with E-state index in [1.165, 1.54) is 43.3 Å². The molecule has 2 aromatic rings. The van der Waals surface area contributed by atoms with E-state index in [-0.39, 0.29) is 22.8 Å². The van der Waals surface area contributed by atoms with E-state index in [0.29, 0.717) is 5.56 Å². The SMILES string of the molecule is Cc1ccc([N+](=O)[O-])cc1NC(=O)C(C)Oc1ccccc1[N+](=O)[O-]. The summed E-state index contributed by atoms with van der Waals surface area (Å²) in [4.78, 5) is 32.9. The highest BCUT2D eigenvalue weighted by atomic mass is 16.6. The van der Waals surface area contributed by atoms with Gasteiger partial charge in [-0.1, -0.05) is 18.2 Å². The second-order valence-electron chi connectivity index (χ2n) is 5.23. The van der Waals surface area contributed by atoms with Crippen LogP contribution in [0.4, 0.5) is 17.1 Å². The summed E-state index contributed by atoms with van der Waals surface area (Å²) >= 11 is 0. The van der Waals surface area contributed by atoms with E-state index in [4.69, 9.17) is 4.74 Å². The van der Waals surface area contributed by atoms with Crippen LogP contribution >= 0.6 is 0 Å². The lowest BCUT2D eigenvalue weighted by Crippen LogP contribution is -2.30. The zero-order chi connectivity index (χ0) is 18.6. The van der Waals surface area contributed by atoms with Gasteiger partial charge in [0.25, 0.3) is 11.6 Å². The number of non-ortho nitro benzene ring substituents is 1. The van der Waals surface area contributed by atoms with E-state index in [2.05, 4.69) is 5.32 Å². The van der Waals surface area contributed by atoms with Crippen LogP contribution in [0.25, 0.3) is 0 Å². The Bertz CT molecular complexity index is 836. The quantitative estimate of drug-likeness (QED) is 0.633. The lowest BCUT2D eigenvalue weighted by atomic mass is 10.1. The van der Waals surface area contributed by atoms with E-state index in [0.717, 1.165) is 0 Å². The van der Waals surface area contributed by atoms with Crippen molar-refractivity contribution in [3.8, 4) is 5.75 Å². The summed E-state index contributed by atoms with van der Waals surface area (Å²) in [6.07, 6.45) is -1.04. The third-order valence-electron chi connectivity index (χ3n) is 3.42. The molecule has 1 unspecified atom stereocenters. The molecular formula is C16H15N3O6. The zero-order valence-electron chi connectivity index (χ0n) is 13.5. The van der Waals surface area contributed by atoms with Crippen molar-refractivity contribution < 1.29 is 19.4 Å². The van der Waals surface area contributed by atoms with Crippen molar-refractivity contribution in [2.75, 3.05) is 5.32 Å². The van der Waals surface area contributed by atoms with E-state index in [9.17, 15) is 25.0 Å². The van der Waals surface area contributed by atoms with Crippen molar-refractivity contribution in [1.82, 2.24) is 0 Å². The van der Waals surface area contributed by atoms with E-state index >= 15 is 0 Å². The van der Waals surface area contributed by atoms with Gasteiger partial charge in [0.05, 0.1) is 15.5 Å². The van der Waals surface area contributed by atoms with Crippen LogP contribution in [0, 0.1) is 27.2 Å². The first-order valence-electron chi connectivity index (χ1n) is 7.25. The van der Waals surface area contributed by atoms with Gasteiger partial charge in [0.1, 0.15) is 0 Å². The minimum atomic E-state index is -1.04. The number of nitrogens with one attached hydrogen (secondary N) is 1. The van der Waals surface area contributed by atoms with Crippen molar-refractivity contribution in [3.63, 3.8) is 0 Å². The number of hydrogen-bond donors (Lipinski definition) is 1. The number of anilines is 1. The van der Waals surface area contributed by atoms with Crippen molar-refractivity contribution in [3.05, 3.63) is 68.3 Å². The molecule has 1 atom stereocenters. The first kappa shape index (κ1) is 17.9. The second kappa shape index (κ2) is 7.39. The molecule has 0 aliphatic rings. The smallest absolute Gasteiger partial charge is 0.310 e. The molecule has 1 N–H and O–H groups in total. The maximum Gasteiger partial charge on any atom is 0.310 e. The van der Waals surface area contributed by atoms with E-state index in [1.54, 1.807) is 13.0 Å². The summed E-state index contributed by atoms with van der Waals surface area (Å²) in [5.41, 5.74) is 0.496. The maximum absolute atomic E-state index is 12.3. The van der Waals surface area contributed by atoms with Crippen molar-refractivity contribution in [1.29, 1.82) is 0 Å². The van der Waals surface area contributed by atoms with Crippen LogP contribution in [0.2, 0.25) is 0 Å². The molecule has 2 rings (SSSR count). The standard InChI is InChI=1S/C16H15N3O6/c1-10-7-8-12(18(21)22)9-13(10)17-16(20)11(2)25-15-6-4-3-5-14(15)19(23)24/h3-9,11H,1-2H3,(H,17,20). The molecule has 0 saturated carbocycles. The van der Waals surface area contributed by atoms with Crippen LogP contribution in [-0.2, 0) is 4.79 Å². The van der Waals surface area contributed by atoms with Gasteiger partial charge in [-0.3, -0.25) is 25.0 Å². The van der Waals surface area contributed by atoms with Gasteiger partial charge in [-0.15, -0.1) is 0 Å². The molecule has 2 aromatic carbocycles. The van der Waals surface area contributed by atoms with Gasteiger partial charge < -0.3 is 10.1 Å². The number of nitro benzene ring substituents is 2. The Kier molecular flexibility index (Phi) is 5.28. The van der Waals surface area contributed by atoms with Gasteiger partial charge in [-0.05, 0) is 25.5 Å². The predicted octanol–water partition coefficient (Wildman–Crippen LogP) is 3.22. The van der Waals surface area contributed by atoms with Crippen molar-refractivity contribution in [2.45, 2.75) is 20.0 Å². The molecule has 0 aliphatic heterocycles. The lowest BCUT2D eigenvalue weighted by molar-refractivity contribution is -0.386. The number of aryl methyl sites for hydroxylation is 1. The molecule has 1 amide bonds. The average Bonchev–Trinajstić information content (AvgIpc) is 2.56. The second-order valence-corrected chi connectivity index (χ2v) is 5.23. The van der Waals surface area contributed by atoms with Gasteiger partial charge in [-0.2, -0.15) is 0 Å². The van der Waals surface area contributed by atoms with Crippen LogP contribution in [0.1, 0.15) is 12.5 Å². The fourth-order valence-corrected chi connectivity index (χ4v) is 2.04. The highest BCUT2D eigenvalue weighted by Crippen LogP contribution is 2.27. The molecule has 9 nitrogen and oxygen atoms in total. The predicted molar refractivity (Wildman–Crippen MR) is 89.6 cm³/mol. The molecule has 9 heteroatoms. The monoisotopic (exact) mass is 345 g/mol. The lowest BCUT2D eigenvalue weighted by Gasteiger charge is -2.15. The van der Waals surface area contributed by atoms with Gasteiger partial charge in [-0.25, -0.2) is 0 Å². The summed E-state index contributed by atoms with van der Waals surface area (Å²) in [7, 11) is 0. The number of para-hydroxylation sites is 2. The molecule has 0 bridgehead atoms. The third-order valence-corrected chi connectivity index (χ3v) is 3.42. The topological polar surface area (TPSA) is 125 Å². The van der Waals surface area contributed by atoms with Crippen LogP contribution in [0.3, 0.4) is 0 Å². The number of benzene rings is 2. The Morgan fingerprint density at radius 1 is 1.12 bits per heavy atom. The molecule has 0 fully saturated rings. The molecule has 25 heavy (non-hydrogen) atoms.